The number of nitrogens with zero attached hydrogens (tertiary/aromatic N) is 2. The second kappa shape index (κ2) is 13.7. The number of hydrogen-bond donors (Lipinski definition) is 1. The van der Waals surface area contributed by atoms with Crippen LogP contribution in [0.4, 0.5) is 4.39 Å². The molecule has 1 N–H and O–H groups in total. The van der Waals surface area contributed by atoms with Crippen LogP contribution in [0.5, 0.6) is 0 Å². The van der Waals surface area contributed by atoms with Crippen molar-refractivity contribution in [2.45, 2.75) is 49.7 Å². The zero-order chi connectivity index (χ0) is 19.6. The first-order chi connectivity index (χ1) is 13.8. The Morgan fingerprint density at radius 1 is 1.31 bits per heavy atom. The second-order valence-corrected chi connectivity index (χ2v) is 8.31. The summed E-state index contributed by atoms with van der Waals surface area (Å²) in [6.45, 7) is 7.09. The molecule has 0 aliphatic carbocycles. The Labute approximate surface area is 195 Å². The number of piperidine rings is 1. The zero-order valence-corrected chi connectivity index (χ0v) is 20.3. The number of ether oxygens (including phenoxy) is 2. The predicted octanol–water partition coefficient (Wildman–Crippen LogP) is 4.16. The topological polar surface area (TPSA) is 46.1 Å². The van der Waals surface area contributed by atoms with Crippen molar-refractivity contribution in [3.05, 3.63) is 30.1 Å². The van der Waals surface area contributed by atoms with Crippen molar-refractivity contribution in [1.29, 1.82) is 0 Å². The SMILES string of the molecule is CCNC(=NCCSc1ccccc1F)N1CCC(OCC2CCCO2)CC1.I. The van der Waals surface area contributed by atoms with Gasteiger partial charge in [-0.25, -0.2) is 4.39 Å². The molecule has 1 atom stereocenters. The number of nitrogens with one attached hydrogen (secondary N) is 1. The van der Waals surface area contributed by atoms with Gasteiger partial charge in [-0.05, 0) is 44.7 Å². The van der Waals surface area contributed by atoms with Crippen LogP contribution in [-0.2, 0) is 9.47 Å². The molecule has 164 valence electrons. The third-order valence-electron chi connectivity index (χ3n) is 5.07. The van der Waals surface area contributed by atoms with Gasteiger partial charge >= 0.3 is 0 Å². The maximum absolute atomic E-state index is 13.7. The van der Waals surface area contributed by atoms with Crippen molar-refractivity contribution >= 4 is 41.7 Å². The predicted molar refractivity (Wildman–Crippen MR) is 128 cm³/mol. The van der Waals surface area contributed by atoms with Crippen LogP contribution in [0.25, 0.3) is 0 Å². The van der Waals surface area contributed by atoms with E-state index in [1.807, 2.05) is 12.1 Å². The van der Waals surface area contributed by atoms with Gasteiger partial charge in [0.15, 0.2) is 5.96 Å². The average molecular weight is 537 g/mol. The number of halogens is 2. The highest BCUT2D eigenvalue weighted by molar-refractivity contribution is 14.0. The van der Waals surface area contributed by atoms with E-state index in [2.05, 4.69) is 17.1 Å². The highest BCUT2D eigenvalue weighted by atomic mass is 127. The fourth-order valence-corrected chi connectivity index (χ4v) is 4.33. The van der Waals surface area contributed by atoms with E-state index in [1.54, 1.807) is 6.07 Å². The molecule has 2 fully saturated rings. The molecule has 2 heterocycles. The Morgan fingerprint density at radius 2 is 2.10 bits per heavy atom. The Hall–Kier alpha value is -0.580. The minimum atomic E-state index is -0.159. The summed E-state index contributed by atoms with van der Waals surface area (Å²) in [6, 6.07) is 6.90. The van der Waals surface area contributed by atoms with Crippen LogP contribution in [0.15, 0.2) is 34.2 Å². The summed E-state index contributed by atoms with van der Waals surface area (Å²) < 4.78 is 25.4. The lowest BCUT2D eigenvalue weighted by Crippen LogP contribution is -2.47. The van der Waals surface area contributed by atoms with Crippen LogP contribution >= 0.6 is 35.7 Å². The van der Waals surface area contributed by atoms with Crippen LogP contribution in [0.2, 0.25) is 0 Å². The summed E-state index contributed by atoms with van der Waals surface area (Å²) in [5.41, 5.74) is 0. The van der Waals surface area contributed by atoms with E-state index in [0.29, 0.717) is 23.6 Å². The van der Waals surface area contributed by atoms with Crippen molar-refractivity contribution in [3.8, 4) is 0 Å². The van der Waals surface area contributed by atoms with Crippen molar-refractivity contribution in [2.75, 3.05) is 45.1 Å². The van der Waals surface area contributed by atoms with Gasteiger partial charge in [0, 0.05) is 36.9 Å². The molecule has 1 aromatic rings. The fraction of sp³-hybridized carbons (Fsp3) is 0.667. The second-order valence-electron chi connectivity index (χ2n) is 7.17. The van der Waals surface area contributed by atoms with Gasteiger partial charge in [0.05, 0.1) is 25.4 Å². The highest BCUT2D eigenvalue weighted by Gasteiger charge is 2.24. The van der Waals surface area contributed by atoms with Gasteiger partial charge in [-0.3, -0.25) is 4.99 Å². The van der Waals surface area contributed by atoms with E-state index in [1.165, 1.54) is 17.8 Å². The van der Waals surface area contributed by atoms with Crippen molar-refractivity contribution in [3.63, 3.8) is 0 Å². The van der Waals surface area contributed by atoms with Gasteiger partial charge in [-0.1, -0.05) is 12.1 Å². The van der Waals surface area contributed by atoms with Crippen molar-refractivity contribution in [1.82, 2.24) is 10.2 Å². The van der Waals surface area contributed by atoms with Crippen LogP contribution in [-0.4, -0.2) is 68.2 Å². The van der Waals surface area contributed by atoms with Crippen molar-refractivity contribution in [2.24, 2.45) is 4.99 Å². The summed E-state index contributed by atoms with van der Waals surface area (Å²) in [5, 5.41) is 3.39. The quantitative estimate of drug-likeness (QED) is 0.178. The molecule has 2 aliphatic heterocycles. The third-order valence-corrected chi connectivity index (χ3v) is 6.09. The summed E-state index contributed by atoms with van der Waals surface area (Å²) in [4.78, 5) is 7.74. The molecule has 29 heavy (non-hydrogen) atoms. The molecule has 0 aromatic heterocycles. The molecular formula is C21H33FIN3O2S. The van der Waals surface area contributed by atoms with E-state index in [0.717, 1.165) is 70.2 Å². The molecule has 1 unspecified atom stereocenters. The van der Waals surface area contributed by atoms with Crippen LogP contribution in [0.3, 0.4) is 0 Å². The zero-order valence-electron chi connectivity index (χ0n) is 17.1. The number of hydrogen-bond acceptors (Lipinski definition) is 4. The first kappa shape index (κ1) is 24.7. The lowest BCUT2D eigenvalue weighted by molar-refractivity contribution is -0.0367. The first-order valence-corrected chi connectivity index (χ1v) is 11.4. The molecule has 0 radical (unpaired) electrons. The molecule has 0 amide bonds. The summed E-state index contributed by atoms with van der Waals surface area (Å²) >= 11 is 1.51. The lowest BCUT2D eigenvalue weighted by Gasteiger charge is -2.34. The summed E-state index contributed by atoms with van der Waals surface area (Å²) in [7, 11) is 0. The van der Waals surface area contributed by atoms with Gasteiger partial charge in [0.1, 0.15) is 5.82 Å². The smallest absolute Gasteiger partial charge is 0.193 e. The summed E-state index contributed by atoms with van der Waals surface area (Å²) in [5.74, 6) is 1.55. The molecule has 0 saturated carbocycles. The van der Waals surface area contributed by atoms with Crippen molar-refractivity contribution < 1.29 is 13.9 Å². The third kappa shape index (κ3) is 8.22. The monoisotopic (exact) mass is 537 g/mol. The normalized spacial score (nSPS) is 20.6. The Balaban J connectivity index is 0.00000300. The average Bonchev–Trinajstić information content (AvgIpc) is 3.24. The summed E-state index contributed by atoms with van der Waals surface area (Å²) in [6.07, 6.45) is 4.93. The lowest BCUT2D eigenvalue weighted by atomic mass is 10.1. The molecule has 2 aliphatic rings. The minimum Gasteiger partial charge on any atom is -0.376 e. The molecule has 0 bridgehead atoms. The Kier molecular flexibility index (Phi) is 11.6. The van der Waals surface area contributed by atoms with Crippen LogP contribution < -0.4 is 5.32 Å². The van der Waals surface area contributed by atoms with Crippen LogP contribution in [0, 0.1) is 5.82 Å². The molecule has 2 saturated heterocycles. The molecule has 1 aromatic carbocycles. The van der Waals surface area contributed by atoms with Gasteiger partial charge in [0.25, 0.3) is 0 Å². The van der Waals surface area contributed by atoms with E-state index in [-0.39, 0.29) is 29.8 Å². The molecule has 3 rings (SSSR count). The van der Waals surface area contributed by atoms with Gasteiger partial charge in [-0.2, -0.15) is 0 Å². The van der Waals surface area contributed by atoms with E-state index < -0.39 is 0 Å². The number of rotatable bonds is 8. The van der Waals surface area contributed by atoms with Gasteiger partial charge in [-0.15, -0.1) is 35.7 Å². The molecule has 0 spiro atoms. The number of aliphatic imine (C=N–C) groups is 1. The number of thioether (sulfide) groups is 1. The molecule has 5 nitrogen and oxygen atoms in total. The molecular weight excluding hydrogens is 504 g/mol. The van der Waals surface area contributed by atoms with E-state index in [4.69, 9.17) is 14.5 Å². The minimum absolute atomic E-state index is 0. The Morgan fingerprint density at radius 3 is 2.79 bits per heavy atom. The number of likely N-dealkylation sites (tertiary alicyclic amines) is 1. The van der Waals surface area contributed by atoms with Gasteiger partial charge < -0.3 is 19.7 Å². The fourth-order valence-electron chi connectivity index (χ4n) is 3.55. The molecule has 8 heteroatoms. The number of guanidine groups is 1. The number of benzene rings is 1. The maximum Gasteiger partial charge on any atom is 0.193 e. The van der Waals surface area contributed by atoms with E-state index >= 15 is 0 Å². The Bertz CT molecular complexity index is 624. The maximum atomic E-state index is 13.7. The van der Waals surface area contributed by atoms with E-state index in [9.17, 15) is 4.39 Å². The standard InChI is InChI=1S/C21H32FN3O2S.HI/c1-2-23-21(24-11-15-28-20-8-4-3-7-19(20)22)25-12-9-17(10-13-25)27-16-18-6-5-14-26-18;/h3-4,7-8,17-18H,2,5-6,9-16H2,1H3,(H,23,24);1H. The van der Waals surface area contributed by atoms with Gasteiger partial charge in [0.2, 0.25) is 0 Å². The van der Waals surface area contributed by atoms with Crippen LogP contribution in [0.1, 0.15) is 32.6 Å². The largest absolute Gasteiger partial charge is 0.376 e. The first-order valence-electron chi connectivity index (χ1n) is 10.4. The highest BCUT2D eigenvalue weighted by Crippen LogP contribution is 2.21.